The smallest absolute Gasteiger partial charge is 0.407 e. The normalized spacial score (nSPS) is 11.0. The highest BCUT2D eigenvalue weighted by Gasteiger charge is 2.16. The third-order valence-corrected chi connectivity index (χ3v) is 2.24. The predicted octanol–water partition coefficient (Wildman–Crippen LogP) is 2.96. The van der Waals surface area contributed by atoms with Crippen molar-refractivity contribution in [2.75, 3.05) is 0 Å². The summed E-state index contributed by atoms with van der Waals surface area (Å²) in [5.41, 5.74) is 0.411. The van der Waals surface area contributed by atoms with Crippen molar-refractivity contribution in [2.24, 2.45) is 0 Å². The van der Waals surface area contributed by atoms with E-state index in [1.807, 2.05) is 0 Å². The molecule has 1 aromatic rings. The monoisotopic (exact) mass is 284 g/mol. The molecular weight excluding hydrogens is 268 g/mol. The number of ether oxygens (including phenoxy) is 1. The van der Waals surface area contributed by atoms with Crippen molar-refractivity contribution >= 4 is 23.5 Å². The fourth-order valence-corrected chi connectivity index (χ4v) is 1.55. The number of halogens is 1. The van der Waals surface area contributed by atoms with E-state index in [-0.39, 0.29) is 23.2 Å². The Labute approximate surface area is 117 Å². The largest absolute Gasteiger partial charge is 0.444 e. The number of alkyl carbamates (subject to hydrolysis) is 1. The van der Waals surface area contributed by atoms with Crippen LogP contribution in [0.25, 0.3) is 0 Å². The number of pyridine rings is 1. The lowest BCUT2D eigenvalue weighted by molar-refractivity contribution is 0.0523. The molecule has 0 spiro atoms. The number of hydrogen-bond donors (Lipinski definition) is 1. The molecule has 0 saturated heterocycles. The second kappa shape index (κ2) is 6.02. The van der Waals surface area contributed by atoms with Gasteiger partial charge in [0.2, 0.25) is 0 Å². The number of nitrogens with one attached hydrogen (secondary N) is 1. The molecule has 1 aromatic heterocycles. The fraction of sp³-hybridized carbons (Fsp3) is 0.462. The van der Waals surface area contributed by atoms with E-state index in [9.17, 15) is 9.59 Å². The van der Waals surface area contributed by atoms with Gasteiger partial charge in [0.15, 0.2) is 5.78 Å². The van der Waals surface area contributed by atoms with Gasteiger partial charge in [-0.15, -0.1) is 0 Å². The molecule has 0 atom stereocenters. The molecule has 0 bridgehead atoms. The number of hydrogen-bond acceptors (Lipinski definition) is 4. The highest BCUT2D eigenvalue weighted by molar-refractivity contribution is 6.29. The summed E-state index contributed by atoms with van der Waals surface area (Å²) in [6.07, 6.45) is -0.523. The van der Waals surface area contributed by atoms with Crippen molar-refractivity contribution in [2.45, 2.75) is 39.8 Å². The Bertz CT molecular complexity index is 495. The fourth-order valence-electron chi connectivity index (χ4n) is 1.32. The second-order valence-electron chi connectivity index (χ2n) is 5.09. The third-order valence-electron chi connectivity index (χ3n) is 2.05. The summed E-state index contributed by atoms with van der Waals surface area (Å²) >= 11 is 5.81. The number of amides is 1. The van der Waals surface area contributed by atoms with Crippen LogP contribution in [0.15, 0.2) is 12.1 Å². The van der Waals surface area contributed by atoms with Gasteiger partial charge in [0, 0.05) is 13.5 Å². The van der Waals surface area contributed by atoms with E-state index in [0.717, 1.165) is 0 Å². The first kappa shape index (κ1) is 15.4. The standard InChI is InChI=1S/C13H17ClN2O3/c1-8(17)10-5-9(6-11(14)16-10)7-15-12(18)19-13(2,3)4/h5-6H,7H2,1-4H3,(H,15,18). The van der Waals surface area contributed by atoms with Crippen molar-refractivity contribution < 1.29 is 14.3 Å². The summed E-state index contributed by atoms with van der Waals surface area (Å²) in [6.45, 7) is 6.97. The van der Waals surface area contributed by atoms with Gasteiger partial charge in [0.05, 0.1) is 0 Å². The van der Waals surface area contributed by atoms with E-state index in [1.165, 1.54) is 6.92 Å². The van der Waals surface area contributed by atoms with Crippen LogP contribution in [-0.2, 0) is 11.3 Å². The molecule has 0 aromatic carbocycles. The Kier molecular flexibility index (Phi) is 4.89. The first-order chi connectivity index (χ1) is 8.67. The number of ketones is 1. The van der Waals surface area contributed by atoms with Crippen molar-refractivity contribution in [1.82, 2.24) is 10.3 Å². The topological polar surface area (TPSA) is 68.3 Å². The molecule has 1 N–H and O–H groups in total. The maximum atomic E-state index is 11.5. The molecule has 6 heteroatoms. The Hall–Kier alpha value is -1.62. The maximum Gasteiger partial charge on any atom is 0.407 e. The summed E-state index contributed by atoms with van der Waals surface area (Å²) in [5.74, 6) is -0.180. The summed E-state index contributed by atoms with van der Waals surface area (Å²) in [5, 5.41) is 2.81. The molecule has 1 rings (SSSR count). The molecule has 0 aliphatic heterocycles. The van der Waals surface area contributed by atoms with E-state index in [0.29, 0.717) is 5.56 Å². The van der Waals surface area contributed by atoms with Crippen LogP contribution in [0.3, 0.4) is 0 Å². The summed E-state index contributed by atoms with van der Waals surface area (Å²) in [7, 11) is 0. The molecule has 0 fully saturated rings. The van der Waals surface area contributed by atoms with Gasteiger partial charge in [-0.1, -0.05) is 11.6 Å². The molecule has 19 heavy (non-hydrogen) atoms. The van der Waals surface area contributed by atoms with E-state index in [4.69, 9.17) is 16.3 Å². The van der Waals surface area contributed by atoms with Crippen molar-refractivity contribution in [3.05, 3.63) is 28.5 Å². The Morgan fingerprint density at radius 2 is 2.00 bits per heavy atom. The highest BCUT2D eigenvalue weighted by atomic mass is 35.5. The van der Waals surface area contributed by atoms with Gasteiger partial charge in [-0.3, -0.25) is 4.79 Å². The minimum Gasteiger partial charge on any atom is -0.444 e. The van der Waals surface area contributed by atoms with E-state index >= 15 is 0 Å². The lowest BCUT2D eigenvalue weighted by atomic mass is 10.2. The molecule has 0 saturated carbocycles. The van der Waals surface area contributed by atoms with Crippen LogP contribution in [-0.4, -0.2) is 22.5 Å². The van der Waals surface area contributed by atoms with Gasteiger partial charge >= 0.3 is 6.09 Å². The van der Waals surface area contributed by atoms with Crippen LogP contribution in [0, 0.1) is 0 Å². The Morgan fingerprint density at radius 1 is 1.37 bits per heavy atom. The number of Topliss-reactive ketones (excluding diaryl/α,β-unsaturated/α-hetero) is 1. The van der Waals surface area contributed by atoms with Crippen LogP contribution >= 0.6 is 11.6 Å². The molecule has 0 unspecified atom stereocenters. The number of carbonyl (C=O) groups excluding carboxylic acids is 2. The Balaban J connectivity index is 2.68. The summed E-state index contributed by atoms with van der Waals surface area (Å²) in [6, 6.07) is 3.18. The molecule has 0 aliphatic rings. The van der Waals surface area contributed by atoms with Gasteiger partial charge in [0.25, 0.3) is 0 Å². The van der Waals surface area contributed by atoms with Crippen LogP contribution in [0.4, 0.5) is 4.79 Å². The zero-order chi connectivity index (χ0) is 14.6. The first-order valence-electron chi connectivity index (χ1n) is 5.81. The molecule has 0 aliphatic carbocycles. The van der Waals surface area contributed by atoms with Crippen molar-refractivity contribution in [3.8, 4) is 0 Å². The van der Waals surface area contributed by atoms with Gasteiger partial charge in [-0.25, -0.2) is 9.78 Å². The SMILES string of the molecule is CC(=O)c1cc(CNC(=O)OC(C)(C)C)cc(Cl)n1. The van der Waals surface area contributed by atoms with E-state index < -0.39 is 11.7 Å². The zero-order valence-corrected chi connectivity index (χ0v) is 12.2. The van der Waals surface area contributed by atoms with Crippen LogP contribution in [0.2, 0.25) is 5.15 Å². The molecule has 1 amide bonds. The van der Waals surface area contributed by atoms with Gasteiger partial charge < -0.3 is 10.1 Å². The van der Waals surface area contributed by atoms with Crippen molar-refractivity contribution in [3.63, 3.8) is 0 Å². The molecule has 104 valence electrons. The molecule has 5 nitrogen and oxygen atoms in total. The van der Waals surface area contributed by atoms with Gasteiger partial charge in [-0.2, -0.15) is 0 Å². The summed E-state index contributed by atoms with van der Waals surface area (Å²) < 4.78 is 5.10. The third kappa shape index (κ3) is 5.70. The molecule has 1 heterocycles. The lowest BCUT2D eigenvalue weighted by Crippen LogP contribution is -2.32. The van der Waals surface area contributed by atoms with Crippen LogP contribution in [0.5, 0.6) is 0 Å². The first-order valence-corrected chi connectivity index (χ1v) is 6.19. The summed E-state index contributed by atoms with van der Waals surface area (Å²) in [4.78, 5) is 26.6. The van der Waals surface area contributed by atoms with Crippen LogP contribution < -0.4 is 5.32 Å². The number of carbonyl (C=O) groups is 2. The van der Waals surface area contributed by atoms with E-state index in [2.05, 4.69) is 10.3 Å². The van der Waals surface area contributed by atoms with Crippen LogP contribution in [0.1, 0.15) is 43.7 Å². The number of aromatic nitrogens is 1. The maximum absolute atomic E-state index is 11.5. The van der Waals surface area contributed by atoms with Gasteiger partial charge in [-0.05, 0) is 38.5 Å². The van der Waals surface area contributed by atoms with E-state index in [1.54, 1.807) is 32.9 Å². The quantitative estimate of drug-likeness (QED) is 0.684. The highest BCUT2D eigenvalue weighted by Crippen LogP contribution is 2.12. The minimum atomic E-state index is -0.551. The minimum absolute atomic E-state index is 0.180. The number of nitrogens with zero attached hydrogens (tertiary/aromatic N) is 1. The van der Waals surface area contributed by atoms with Crippen molar-refractivity contribution in [1.29, 1.82) is 0 Å². The average Bonchev–Trinajstić information content (AvgIpc) is 2.23. The Morgan fingerprint density at radius 3 is 2.53 bits per heavy atom. The molecular formula is C13H17ClN2O3. The average molecular weight is 285 g/mol. The lowest BCUT2D eigenvalue weighted by Gasteiger charge is -2.19. The predicted molar refractivity (Wildman–Crippen MR) is 72.3 cm³/mol. The zero-order valence-electron chi connectivity index (χ0n) is 11.4. The molecule has 0 radical (unpaired) electrons. The number of rotatable bonds is 3. The second-order valence-corrected chi connectivity index (χ2v) is 5.48. The van der Waals surface area contributed by atoms with Gasteiger partial charge in [0.1, 0.15) is 16.4 Å².